The van der Waals surface area contributed by atoms with Gasteiger partial charge in [0.25, 0.3) is 11.5 Å². The van der Waals surface area contributed by atoms with Gasteiger partial charge in [-0.05, 0) is 37.3 Å². The predicted molar refractivity (Wildman–Crippen MR) is 116 cm³/mol. The highest BCUT2D eigenvalue weighted by Crippen LogP contribution is 2.33. The molecule has 0 atom stereocenters. The van der Waals surface area contributed by atoms with Crippen molar-refractivity contribution in [2.24, 2.45) is 13.0 Å². The van der Waals surface area contributed by atoms with Crippen LogP contribution < -0.4 is 20.3 Å². The molecule has 9 nitrogen and oxygen atoms in total. The number of fused-ring (bicyclic) bond motifs is 1. The Labute approximate surface area is 183 Å². The third-order valence-electron chi connectivity index (χ3n) is 5.96. The quantitative estimate of drug-likeness (QED) is 0.677. The minimum absolute atomic E-state index is 0.143. The number of carbonyl (C=O) groups is 2. The van der Waals surface area contributed by atoms with Gasteiger partial charge in [-0.25, -0.2) is 4.68 Å². The van der Waals surface area contributed by atoms with Gasteiger partial charge >= 0.3 is 0 Å². The number of anilines is 1. The Kier molecular flexibility index (Phi) is 4.73. The lowest BCUT2D eigenvalue weighted by molar-refractivity contribution is -0.123. The molecule has 1 fully saturated rings. The molecule has 0 radical (unpaired) electrons. The topological polar surface area (TPSA) is 94.8 Å². The minimum atomic E-state index is -0.378. The Morgan fingerprint density at radius 2 is 1.75 bits per heavy atom. The van der Waals surface area contributed by atoms with Gasteiger partial charge in [-0.15, -0.1) is 0 Å². The summed E-state index contributed by atoms with van der Waals surface area (Å²) in [4.78, 5) is 40.0. The number of rotatable bonds is 4. The average molecular weight is 434 g/mol. The number of nitrogens with one attached hydrogen (secondary N) is 1. The molecule has 5 rings (SSSR count). The maximum Gasteiger partial charge on any atom is 0.295 e. The number of hydrogen-bond donors (Lipinski definition) is 1. The highest BCUT2D eigenvalue weighted by atomic mass is 16.7. The highest BCUT2D eigenvalue weighted by Gasteiger charge is 2.37. The standard InChI is InChI=1S/C23H22N4O5/c1-14-20(23(30)27(25(14)2)17-6-4-3-5-7-17)24-21(28)16-11-26(12-16)22(29)15-8-9-18-19(10-15)32-13-31-18/h3-10,16H,11-13H2,1-2H3,(H,24,28). The Bertz CT molecular complexity index is 1270. The summed E-state index contributed by atoms with van der Waals surface area (Å²) in [6.07, 6.45) is 0. The normalized spacial score (nSPS) is 14.9. The second-order valence-corrected chi connectivity index (χ2v) is 7.90. The highest BCUT2D eigenvalue weighted by molar-refractivity contribution is 5.99. The van der Waals surface area contributed by atoms with Gasteiger partial charge in [0.1, 0.15) is 5.69 Å². The van der Waals surface area contributed by atoms with E-state index in [2.05, 4.69) is 5.32 Å². The van der Waals surface area contributed by atoms with Crippen LogP contribution in [0.2, 0.25) is 0 Å². The molecule has 0 unspecified atom stereocenters. The van der Waals surface area contributed by atoms with Crippen molar-refractivity contribution in [1.29, 1.82) is 0 Å². The van der Waals surface area contributed by atoms with Crippen LogP contribution in [0.25, 0.3) is 5.69 Å². The molecular formula is C23H22N4O5. The van der Waals surface area contributed by atoms with E-state index in [-0.39, 0.29) is 48.9 Å². The van der Waals surface area contributed by atoms with E-state index in [1.165, 1.54) is 4.68 Å². The van der Waals surface area contributed by atoms with Crippen molar-refractivity contribution in [2.75, 3.05) is 25.2 Å². The van der Waals surface area contributed by atoms with Crippen LogP contribution in [-0.2, 0) is 11.8 Å². The number of ether oxygens (including phenoxy) is 2. The van der Waals surface area contributed by atoms with Gasteiger partial charge < -0.3 is 19.7 Å². The molecule has 9 heteroatoms. The number of benzene rings is 2. The van der Waals surface area contributed by atoms with Crippen molar-refractivity contribution in [3.05, 3.63) is 70.1 Å². The van der Waals surface area contributed by atoms with Crippen LogP contribution in [-0.4, -0.2) is 46.0 Å². The molecule has 0 aliphatic carbocycles. The average Bonchev–Trinajstić information content (AvgIpc) is 3.31. The number of likely N-dealkylation sites (tertiary alicyclic amines) is 1. The summed E-state index contributed by atoms with van der Waals surface area (Å²) in [5.41, 5.74) is 1.81. The van der Waals surface area contributed by atoms with Gasteiger partial charge in [0.2, 0.25) is 12.7 Å². The van der Waals surface area contributed by atoms with E-state index in [9.17, 15) is 14.4 Å². The molecule has 2 aliphatic heterocycles. The zero-order valence-corrected chi connectivity index (χ0v) is 17.7. The maximum atomic E-state index is 13.0. The molecule has 1 N–H and O–H groups in total. The van der Waals surface area contributed by atoms with E-state index in [1.54, 1.807) is 41.8 Å². The van der Waals surface area contributed by atoms with Crippen molar-refractivity contribution in [1.82, 2.24) is 14.3 Å². The maximum absolute atomic E-state index is 13.0. The zero-order chi connectivity index (χ0) is 22.4. The summed E-state index contributed by atoms with van der Waals surface area (Å²) in [5.74, 6) is 0.333. The number of aromatic nitrogens is 2. The monoisotopic (exact) mass is 434 g/mol. The molecule has 0 spiro atoms. The fourth-order valence-electron chi connectivity index (χ4n) is 3.96. The van der Waals surface area contributed by atoms with Crippen LogP contribution >= 0.6 is 0 Å². The first kappa shape index (κ1) is 19.9. The van der Waals surface area contributed by atoms with Crippen molar-refractivity contribution in [3.8, 4) is 17.2 Å². The van der Waals surface area contributed by atoms with Crippen LogP contribution in [0.15, 0.2) is 53.3 Å². The van der Waals surface area contributed by atoms with Gasteiger partial charge in [0, 0.05) is 25.7 Å². The molecule has 1 saturated heterocycles. The first-order valence-corrected chi connectivity index (χ1v) is 10.3. The van der Waals surface area contributed by atoms with Gasteiger partial charge in [-0.2, -0.15) is 0 Å². The SMILES string of the molecule is Cc1c(NC(=O)C2CN(C(=O)c3ccc4c(c3)OCO4)C2)c(=O)n(-c2ccccc2)n1C. The van der Waals surface area contributed by atoms with E-state index in [4.69, 9.17) is 9.47 Å². The lowest BCUT2D eigenvalue weighted by Gasteiger charge is -2.38. The minimum Gasteiger partial charge on any atom is -0.454 e. The fraction of sp³-hybridized carbons (Fsp3) is 0.261. The molecular weight excluding hydrogens is 412 g/mol. The van der Waals surface area contributed by atoms with Crippen LogP contribution in [0.3, 0.4) is 0 Å². The van der Waals surface area contributed by atoms with E-state index in [1.807, 2.05) is 30.3 Å². The van der Waals surface area contributed by atoms with Gasteiger partial charge in [-0.1, -0.05) is 18.2 Å². The lowest BCUT2D eigenvalue weighted by atomic mass is 9.97. The van der Waals surface area contributed by atoms with Crippen molar-refractivity contribution < 1.29 is 19.1 Å². The summed E-state index contributed by atoms with van der Waals surface area (Å²) < 4.78 is 13.8. The summed E-state index contributed by atoms with van der Waals surface area (Å²) in [6.45, 7) is 2.51. The number of nitrogens with zero attached hydrogens (tertiary/aromatic N) is 3. The molecule has 2 aromatic carbocycles. The summed E-state index contributed by atoms with van der Waals surface area (Å²) in [6, 6.07) is 14.3. The third-order valence-corrected chi connectivity index (χ3v) is 5.96. The van der Waals surface area contributed by atoms with Crippen LogP contribution in [0.4, 0.5) is 5.69 Å². The molecule has 164 valence electrons. The van der Waals surface area contributed by atoms with E-state index >= 15 is 0 Å². The third kappa shape index (κ3) is 3.22. The van der Waals surface area contributed by atoms with Gasteiger partial charge in [0.15, 0.2) is 11.5 Å². The predicted octanol–water partition coefficient (Wildman–Crippen LogP) is 1.92. The molecule has 3 aromatic rings. The zero-order valence-electron chi connectivity index (χ0n) is 17.7. The first-order chi connectivity index (χ1) is 15.4. The second kappa shape index (κ2) is 7.60. The number of hydrogen-bond acceptors (Lipinski definition) is 5. The lowest BCUT2D eigenvalue weighted by Crippen LogP contribution is -2.54. The fourth-order valence-corrected chi connectivity index (χ4v) is 3.96. The summed E-state index contributed by atoms with van der Waals surface area (Å²) in [5, 5.41) is 2.78. The number of amides is 2. The van der Waals surface area contributed by atoms with Crippen LogP contribution in [0.5, 0.6) is 11.5 Å². The first-order valence-electron chi connectivity index (χ1n) is 10.3. The molecule has 2 amide bonds. The molecule has 2 aliphatic rings. The Hall–Kier alpha value is -4.01. The Morgan fingerprint density at radius 3 is 2.50 bits per heavy atom. The van der Waals surface area contributed by atoms with Gasteiger partial charge in [-0.3, -0.25) is 19.1 Å². The largest absolute Gasteiger partial charge is 0.454 e. The Balaban J connectivity index is 1.26. The van der Waals surface area contributed by atoms with E-state index in [0.717, 1.165) is 0 Å². The number of carbonyl (C=O) groups excluding carboxylic acids is 2. The van der Waals surface area contributed by atoms with Gasteiger partial charge in [0.05, 0.1) is 17.3 Å². The van der Waals surface area contributed by atoms with E-state index in [0.29, 0.717) is 28.4 Å². The van der Waals surface area contributed by atoms with Crippen LogP contribution in [0, 0.1) is 12.8 Å². The summed E-state index contributed by atoms with van der Waals surface area (Å²) >= 11 is 0. The molecule has 3 heterocycles. The second-order valence-electron chi connectivity index (χ2n) is 7.90. The smallest absolute Gasteiger partial charge is 0.295 e. The molecule has 0 saturated carbocycles. The summed E-state index contributed by atoms with van der Waals surface area (Å²) in [7, 11) is 1.77. The van der Waals surface area contributed by atoms with E-state index < -0.39 is 0 Å². The number of para-hydroxylation sites is 1. The van der Waals surface area contributed by atoms with Crippen molar-refractivity contribution >= 4 is 17.5 Å². The van der Waals surface area contributed by atoms with Crippen molar-refractivity contribution in [3.63, 3.8) is 0 Å². The van der Waals surface area contributed by atoms with Crippen LogP contribution in [0.1, 0.15) is 16.1 Å². The molecule has 32 heavy (non-hydrogen) atoms. The Morgan fingerprint density at radius 1 is 1.03 bits per heavy atom. The molecule has 1 aromatic heterocycles. The van der Waals surface area contributed by atoms with Crippen molar-refractivity contribution in [2.45, 2.75) is 6.92 Å². The molecule has 0 bridgehead atoms.